The summed E-state index contributed by atoms with van der Waals surface area (Å²) in [6.07, 6.45) is 4.33. The molecule has 0 saturated carbocycles. The molecule has 0 atom stereocenters. The minimum Gasteiger partial charge on any atom is -0.369 e. The fraction of sp³-hybridized carbons (Fsp3) is 0.360. The van der Waals surface area contributed by atoms with Gasteiger partial charge in [-0.25, -0.2) is 36.2 Å². The van der Waals surface area contributed by atoms with Gasteiger partial charge in [0.05, 0.1) is 9.79 Å². The molecule has 6 aromatic rings. The first-order chi connectivity index (χ1) is 33.7. The topological polar surface area (TPSA) is 205 Å². The smallest absolute Gasteiger partial charge is 0.240 e. The van der Waals surface area contributed by atoms with Gasteiger partial charge < -0.3 is 40.9 Å². The molecule has 6 N–H and O–H groups in total. The summed E-state index contributed by atoms with van der Waals surface area (Å²) in [5.41, 5.74) is 6.76. The van der Waals surface area contributed by atoms with Crippen LogP contribution in [0.2, 0.25) is 0 Å². The Kier molecular flexibility index (Phi) is 16.4. The number of rotatable bonds is 21. The number of benzene rings is 4. The Morgan fingerprint density at radius 2 is 0.986 bits per heavy atom. The predicted molar refractivity (Wildman–Crippen MR) is 281 cm³/mol. The highest BCUT2D eigenvalue weighted by atomic mass is 32.2. The fourth-order valence-corrected chi connectivity index (χ4v) is 10.4. The van der Waals surface area contributed by atoms with Crippen LogP contribution in [-0.2, 0) is 20.0 Å². The average molecular weight is 989 g/mol. The maximum atomic E-state index is 13.3. The molecule has 0 aliphatic carbocycles. The number of piperazine rings is 2. The molecule has 0 spiro atoms. The van der Waals surface area contributed by atoms with E-state index < -0.39 is 20.0 Å². The Hall–Kier alpha value is -6.42. The van der Waals surface area contributed by atoms with E-state index in [2.05, 4.69) is 109 Å². The highest BCUT2D eigenvalue weighted by Crippen LogP contribution is 2.27. The van der Waals surface area contributed by atoms with E-state index in [1.165, 1.54) is 11.4 Å². The normalized spacial score (nSPS) is 14.9. The highest BCUT2D eigenvalue weighted by Gasteiger charge is 2.19. The molecule has 0 radical (unpaired) electrons. The van der Waals surface area contributed by atoms with E-state index in [0.717, 1.165) is 75.0 Å². The van der Waals surface area contributed by atoms with E-state index in [-0.39, 0.29) is 22.9 Å². The first-order valence-electron chi connectivity index (χ1n) is 23.8. The second-order valence-electron chi connectivity index (χ2n) is 17.9. The zero-order chi connectivity index (χ0) is 49.1. The standard InChI is InChI=1S/C50H64N14O4S2/c1-37-36-51-49(57-39-15-19-43(20-16-39)63-29-25-61(3)26-30-63)60-48(37)56-42-12-10-14-46(35-42)70(67,68)53-24-8-6-5-7-23-52-69(65,66)45-13-9-11-41(34-45)55-47-33-38(2)54-50(59-47)58-40-17-21-44(22-18-40)64-31-27-62(4)28-32-64/h9-22,33-36,52-53H,5-8,23-32H2,1-4H3,(H2,51,56,57,60)(H2,54,55,58,59). The van der Waals surface area contributed by atoms with Gasteiger partial charge in [-0.1, -0.05) is 25.0 Å². The molecule has 0 amide bonds. The van der Waals surface area contributed by atoms with Gasteiger partial charge >= 0.3 is 0 Å². The van der Waals surface area contributed by atoms with Gasteiger partial charge in [0, 0.05) is 123 Å². The first kappa shape index (κ1) is 50.0. The van der Waals surface area contributed by atoms with Crippen molar-refractivity contribution in [3.8, 4) is 0 Å². The number of hydrogen-bond acceptors (Lipinski definition) is 16. The van der Waals surface area contributed by atoms with Crippen molar-refractivity contribution >= 4 is 77.7 Å². The number of sulfonamides is 2. The lowest BCUT2D eigenvalue weighted by Gasteiger charge is -2.34. The average Bonchev–Trinajstić information content (AvgIpc) is 3.34. The van der Waals surface area contributed by atoms with Crippen LogP contribution < -0.4 is 40.5 Å². The number of nitrogens with zero attached hydrogens (tertiary/aromatic N) is 8. The molecule has 8 rings (SSSR count). The molecule has 2 fully saturated rings. The van der Waals surface area contributed by atoms with Gasteiger partial charge in [-0.2, -0.15) is 9.97 Å². The van der Waals surface area contributed by atoms with Gasteiger partial charge in [0.15, 0.2) is 0 Å². The van der Waals surface area contributed by atoms with Gasteiger partial charge in [-0.3, -0.25) is 0 Å². The molecule has 4 heterocycles. The third-order valence-corrected chi connectivity index (χ3v) is 15.2. The Morgan fingerprint density at radius 1 is 0.500 bits per heavy atom. The van der Waals surface area contributed by atoms with Crippen LogP contribution in [0.1, 0.15) is 36.9 Å². The molecule has 18 nitrogen and oxygen atoms in total. The Morgan fingerprint density at radius 3 is 1.50 bits per heavy atom. The molecule has 370 valence electrons. The van der Waals surface area contributed by atoms with Crippen molar-refractivity contribution in [2.45, 2.75) is 49.3 Å². The van der Waals surface area contributed by atoms with E-state index in [4.69, 9.17) is 0 Å². The Balaban J connectivity index is 0.753. The molecule has 0 bridgehead atoms. The van der Waals surface area contributed by atoms with Crippen LogP contribution in [-0.4, -0.2) is 126 Å². The molecule has 2 aromatic heterocycles. The zero-order valence-corrected chi connectivity index (χ0v) is 42.0. The first-order valence-corrected chi connectivity index (χ1v) is 26.8. The molecule has 2 aliphatic rings. The molecule has 4 aromatic carbocycles. The molecular formula is C50H64N14O4S2. The van der Waals surface area contributed by atoms with Crippen molar-refractivity contribution < 1.29 is 16.8 Å². The fourth-order valence-electron chi connectivity index (χ4n) is 8.17. The van der Waals surface area contributed by atoms with Gasteiger partial charge in [0.2, 0.25) is 31.9 Å². The lowest BCUT2D eigenvalue weighted by molar-refractivity contribution is 0.313. The Bertz CT molecular complexity index is 2910. The van der Waals surface area contributed by atoms with Gasteiger partial charge in [0.1, 0.15) is 11.6 Å². The van der Waals surface area contributed by atoms with Gasteiger partial charge in [-0.05, 0) is 126 Å². The van der Waals surface area contributed by atoms with Crippen LogP contribution in [0.4, 0.5) is 57.7 Å². The second kappa shape index (κ2) is 23.0. The minimum atomic E-state index is -3.79. The van der Waals surface area contributed by atoms with Crippen molar-refractivity contribution in [1.82, 2.24) is 39.2 Å². The molecule has 20 heteroatoms. The lowest BCUT2D eigenvalue weighted by Crippen LogP contribution is -2.44. The monoisotopic (exact) mass is 988 g/mol. The maximum absolute atomic E-state index is 13.3. The van der Waals surface area contributed by atoms with Gasteiger partial charge in [-0.15, -0.1) is 0 Å². The largest absolute Gasteiger partial charge is 0.369 e. The number of nitrogens with one attached hydrogen (secondary N) is 6. The second-order valence-corrected chi connectivity index (χ2v) is 21.4. The summed E-state index contributed by atoms with van der Waals surface area (Å²) in [6, 6.07) is 31.5. The quantitative estimate of drug-likeness (QED) is 0.0395. The van der Waals surface area contributed by atoms with Crippen LogP contribution in [0.5, 0.6) is 0 Å². The third kappa shape index (κ3) is 13.9. The highest BCUT2D eigenvalue weighted by molar-refractivity contribution is 7.89. The number of likely N-dealkylation sites (N-methyl/N-ethyl adjacent to an activating group) is 2. The maximum Gasteiger partial charge on any atom is 0.240 e. The number of aryl methyl sites for hydroxylation is 2. The Labute approximate surface area is 412 Å². The van der Waals surface area contributed by atoms with Crippen LogP contribution in [0.3, 0.4) is 0 Å². The van der Waals surface area contributed by atoms with Crippen LogP contribution in [0.15, 0.2) is 119 Å². The number of anilines is 10. The molecule has 2 saturated heterocycles. The summed E-state index contributed by atoms with van der Waals surface area (Å²) in [4.78, 5) is 28.0. The lowest BCUT2D eigenvalue weighted by atomic mass is 10.2. The summed E-state index contributed by atoms with van der Waals surface area (Å²) >= 11 is 0. The van der Waals surface area contributed by atoms with E-state index >= 15 is 0 Å². The van der Waals surface area contributed by atoms with Crippen molar-refractivity contribution in [2.75, 3.05) is 111 Å². The van der Waals surface area contributed by atoms with Crippen LogP contribution in [0.25, 0.3) is 0 Å². The predicted octanol–water partition coefficient (Wildman–Crippen LogP) is 7.18. The molecule has 0 unspecified atom stereocenters. The SMILES string of the molecule is Cc1cc(Nc2cccc(S(=O)(=O)NCCCCCCNS(=O)(=O)c3cccc(Nc4nc(Nc5ccc(N6CCN(C)CC6)cc5)ncc4C)c3)c2)nc(Nc2ccc(N3CCN(C)CC3)cc2)n1. The van der Waals surface area contributed by atoms with Crippen molar-refractivity contribution in [2.24, 2.45) is 0 Å². The van der Waals surface area contributed by atoms with Crippen molar-refractivity contribution in [3.05, 3.63) is 121 Å². The molecule has 2 aliphatic heterocycles. The summed E-state index contributed by atoms with van der Waals surface area (Å²) in [5, 5.41) is 13.1. The van der Waals surface area contributed by atoms with Crippen molar-refractivity contribution in [3.63, 3.8) is 0 Å². The van der Waals surface area contributed by atoms with E-state index in [1.807, 2.05) is 38.1 Å². The number of hydrogen-bond donors (Lipinski definition) is 6. The number of aromatic nitrogens is 4. The summed E-state index contributed by atoms with van der Waals surface area (Å²) in [7, 11) is -3.30. The van der Waals surface area contributed by atoms with E-state index in [9.17, 15) is 16.8 Å². The number of unbranched alkanes of at least 4 members (excludes halogenated alkanes) is 3. The van der Waals surface area contributed by atoms with E-state index in [0.29, 0.717) is 60.6 Å². The summed E-state index contributed by atoms with van der Waals surface area (Å²) < 4.78 is 58.5. The summed E-state index contributed by atoms with van der Waals surface area (Å²) in [5.74, 6) is 1.91. The van der Waals surface area contributed by atoms with Crippen molar-refractivity contribution in [1.29, 1.82) is 0 Å². The minimum absolute atomic E-state index is 0.128. The molecule has 70 heavy (non-hydrogen) atoms. The van der Waals surface area contributed by atoms with Crippen LogP contribution in [0, 0.1) is 13.8 Å². The van der Waals surface area contributed by atoms with Gasteiger partial charge in [0.25, 0.3) is 0 Å². The summed E-state index contributed by atoms with van der Waals surface area (Å²) in [6.45, 7) is 12.4. The molecular weight excluding hydrogens is 925 g/mol. The van der Waals surface area contributed by atoms with E-state index in [1.54, 1.807) is 60.8 Å². The third-order valence-electron chi connectivity index (χ3n) is 12.3. The van der Waals surface area contributed by atoms with Crippen LogP contribution >= 0.6 is 0 Å². The zero-order valence-electron chi connectivity index (χ0n) is 40.3.